The summed E-state index contributed by atoms with van der Waals surface area (Å²) in [7, 11) is 0. The van der Waals surface area contributed by atoms with Crippen LogP contribution >= 0.6 is 11.3 Å². The molecule has 0 aliphatic heterocycles. The molecule has 0 aliphatic rings. The van der Waals surface area contributed by atoms with Crippen LogP contribution in [0.5, 0.6) is 0 Å². The van der Waals surface area contributed by atoms with Crippen molar-refractivity contribution in [2.45, 2.75) is 0 Å². The number of fused-ring (bicyclic) bond motifs is 1. The van der Waals surface area contributed by atoms with E-state index in [4.69, 9.17) is 0 Å². The normalized spacial score (nSPS) is 10.2. The van der Waals surface area contributed by atoms with Crippen LogP contribution in [0.2, 0.25) is 0 Å². The Hall–Kier alpha value is -0.890. The summed E-state index contributed by atoms with van der Waals surface area (Å²) < 4.78 is 1.26. The minimum atomic E-state index is 0. The van der Waals surface area contributed by atoms with Crippen molar-refractivity contribution < 1.29 is 1.43 Å². The molecule has 0 atom stereocenters. The van der Waals surface area contributed by atoms with Crippen LogP contribution in [0.3, 0.4) is 0 Å². The van der Waals surface area contributed by atoms with E-state index in [1.54, 1.807) is 11.3 Å². The summed E-state index contributed by atoms with van der Waals surface area (Å²) in [5, 5.41) is 0. The molecular formula is C7H6NS+. The maximum atomic E-state index is 4.14. The average Bonchev–Trinajstić information content (AvgIpc) is 2.33. The lowest BCUT2D eigenvalue weighted by Crippen LogP contribution is -1.61. The SMILES string of the molecule is [H+].c1ccc2scnc2c1. The van der Waals surface area contributed by atoms with E-state index in [1.807, 2.05) is 23.7 Å². The lowest BCUT2D eigenvalue weighted by Gasteiger charge is -1.80. The summed E-state index contributed by atoms with van der Waals surface area (Å²) in [6, 6.07) is 8.13. The molecule has 0 bridgehead atoms. The molecule has 0 saturated carbocycles. The second-order valence-electron chi connectivity index (χ2n) is 1.82. The van der Waals surface area contributed by atoms with Crippen molar-refractivity contribution >= 4 is 21.6 Å². The predicted molar refractivity (Wildman–Crippen MR) is 40.7 cm³/mol. The molecule has 9 heavy (non-hydrogen) atoms. The quantitative estimate of drug-likeness (QED) is 0.542. The second-order valence-corrected chi connectivity index (χ2v) is 2.71. The number of thiazole rings is 1. The van der Waals surface area contributed by atoms with Gasteiger partial charge in [-0.15, -0.1) is 11.3 Å². The summed E-state index contributed by atoms with van der Waals surface area (Å²) in [4.78, 5) is 4.14. The molecule has 2 aromatic rings. The number of aromatic nitrogens is 1. The Balaban J connectivity index is 0.000000500. The smallest absolute Gasteiger partial charge is 0.245 e. The minimum absolute atomic E-state index is 0. The van der Waals surface area contributed by atoms with Crippen molar-refractivity contribution in [2.24, 2.45) is 0 Å². The molecule has 0 radical (unpaired) electrons. The van der Waals surface area contributed by atoms with E-state index in [0.29, 0.717) is 0 Å². The Bertz CT molecular complexity index is 288. The Morgan fingerprint density at radius 3 is 3.11 bits per heavy atom. The van der Waals surface area contributed by atoms with Gasteiger partial charge >= 0.3 is 1.43 Å². The predicted octanol–water partition coefficient (Wildman–Crippen LogP) is 2.41. The highest BCUT2D eigenvalue weighted by Crippen LogP contribution is 2.15. The lowest BCUT2D eigenvalue weighted by atomic mass is 10.3. The number of rotatable bonds is 0. The van der Waals surface area contributed by atoms with E-state index in [2.05, 4.69) is 11.1 Å². The highest BCUT2D eigenvalue weighted by atomic mass is 32.1. The van der Waals surface area contributed by atoms with Gasteiger partial charge in [0.2, 0.25) is 0 Å². The number of hydrogen-bond acceptors (Lipinski definition) is 2. The Kier molecular flexibility index (Phi) is 0.993. The molecule has 1 aromatic heterocycles. The zero-order chi connectivity index (χ0) is 6.10. The number of hydrogen-bond donors (Lipinski definition) is 0. The third-order valence-electron chi connectivity index (χ3n) is 1.24. The standard InChI is InChI=1S/C7H5NS/c1-2-4-7-6(3-1)8-5-9-7/h1-5H/p+1. The van der Waals surface area contributed by atoms with Gasteiger partial charge in [0.25, 0.3) is 0 Å². The van der Waals surface area contributed by atoms with Crippen LogP contribution < -0.4 is 0 Å². The van der Waals surface area contributed by atoms with Crippen molar-refractivity contribution in [3.8, 4) is 0 Å². The zero-order valence-corrected chi connectivity index (χ0v) is 5.56. The first kappa shape index (κ1) is 4.94. The molecule has 0 amide bonds. The van der Waals surface area contributed by atoms with Crippen molar-refractivity contribution in [3.05, 3.63) is 29.8 Å². The Morgan fingerprint density at radius 2 is 2.22 bits per heavy atom. The highest BCUT2D eigenvalue weighted by molar-refractivity contribution is 7.16. The molecule has 0 N–H and O–H groups in total. The van der Waals surface area contributed by atoms with Crippen LogP contribution in [0.25, 0.3) is 10.2 Å². The zero-order valence-electron chi connectivity index (χ0n) is 5.74. The van der Waals surface area contributed by atoms with E-state index in [1.165, 1.54) is 4.70 Å². The van der Waals surface area contributed by atoms with Crippen LogP contribution in [0.4, 0.5) is 0 Å². The van der Waals surface area contributed by atoms with Gasteiger partial charge in [-0.2, -0.15) is 0 Å². The summed E-state index contributed by atoms with van der Waals surface area (Å²) in [5.41, 5.74) is 2.97. The topological polar surface area (TPSA) is 12.9 Å². The second kappa shape index (κ2) is 1.81. The summed E-state index contributed by atoms with van der Waals surface area (Å²) in [5.74, 6) is 0. The first-order valence-electron chi connectivity index (χ1n) is 2.75. The number of para-hydroxylation sites is 1. The molecular weight excluding hydrogens is 130 g/mol. The third-order valence-corrected chi connectivity index (χ3v) is 2.05. The van der Waals surface area contributed by atoms with Gasteiger partial charge in [-0.05, 0) is 12.1 Å². The van der Waals surface area contributed by atoms with Crippen molar-refractivity contribution in [1.29, 1.82) is 0 Å². The summed E-state index contributed by atoms with van der Waals surface area (Å²) >= 11 is 1.68. The largest absolute Gasteiger partial charge is 1.00 e. The van der Waals surface area contributed by atoms with E-state index in [0.717, 1.165) is 5.52 Å². The molecule has 1 aromatic carbocycles. The molecule has 0 spiro atoms. The number of benzene rings is 1. The number of nitrogens with zero attached hydrogens (tertiary/aromatic N) is 1. The highest BCUT2D eigenvalue weighted by Gasteiger charge is 1.89. The van der Waals surface area contributed by atoms with Crippen LogP contribution in [-0.2, 0) is 0 Å². The van der Waals surface area contributed by atoms with Crippen LogP contribution in [0, 0.1) is 0 Å². The van der Waals surface area contributed by atoms with Gasteiger partial charge in [0.05, 0.1) is 15.7 Å². The van der Waals surface area contributed by atoms with Crippen molar-refractivity contribution in [2.75, 3.05) is 0 Å². The van der Waals surface area contributed by atoms with Crippen molar-refractivity contribution in [3.63, 3.8) is 0 Å². The molecule has 44 valence electrons. The lowest BCUT2D eigenvalue weighted by molar-refractivity contribution is 1.50. The molecule has 0 fully saturated rings. The van der Waals surface area contributed by atoms with E-state index < -0.39 is 0 Å². The molecule has 0 aliphatic carbocycles. The van der Waals surface area contributed by atoms with Gasteiger partial charge in [0, 0.05) is 0 Å². The average molecular weight is 136 g/mol. The van der Waals surface area contributed by atoms with E-state index >= 15 is 0 Å². The van der Waals surface area contributed by atoms with Gasteiger partial charge in [-0.1, -0.05) is 12.1 Å². The monoisotopic (exact) mass is 136 g/mol. The first-order valence-corrected chi connectivity index (χ1v) is 3.63. The first-order chi connectivity index (χ1) is 4.47. The van der Waals surface area contributed by atoms with Gasteiger partial charge in [0.1, 0.15) is 0 Å². The van der Waals surface area contributed by atoms with Gasteiger partial charge < -0.3 is 0 Å². The summed E-state index contributed by atoms with van der Waals surface area (Å²) in [6.07, 6.45) is 0. The van der Waals surface area contributed by atoms with E-state index in [-0.39, 0.29) is 1.43 Å². The molecule has 2 heteroatoms. The molecule has 0 saturated heterocycles. The molecule has 1 heterocycles. The maximum absolute atomic E-state index is 4.14. The van der Waals surface area contributed by atoms with Gasteiger partial charge in [-0.3, -0.25) is 0 Å². The fourth-order valence-electron chi connectivity index (χ4n) is 0.803. The molecule has 1 nitrogen and oxygen atoms in total. The van der Waals surface area contributed by atoms with Crippen LogP contribution in [0.1, 0.15) is 1.43 Å². The van der Waals surface area contributed by atoms with Gasteiger partial charge in [-0.25, -0.2) is 4.98 Å². The maximum Gasteiger partial charge on any atom is 1.00 e. The Labute approximate surface area is 58.5 Å². The van der Waals surface area contributed by atoms with Crippen molar-refractivity contribution in [1.82, 2.24) is 4.98 Å². The fourth-order valence-corrected chi connectivity index (χ4v) is 1.48. The van der Waals surface area contributed by atoms with Gasteiger partial charge in [0.15, 0.2) is 0 Å². The fraction of sp³-hybridized carbons (Fsp3) is 0. The van der Waals surface area contributed by atoms with Crippen LogP contribution in [0.15, 0.2) is 29.8 Å². The Morgan fingerprint density at radius 1 is 1.33 bits per heavy atom. The summed E-state index contributed by atoms with van der Waals surface area (Å²) in [6.45, 7) is 0. The van der Waals surface area contributed by atoms with E-state index in [9.17, 15) is 0 Å². The minimum Gasteiger partial charge on any atom is -0.245 e. The molecule has 0 unspecified atom stereocenters. The molecule has 2 rings (SSSR count). The van der Waals surface area contributed by atoms with Crippen LogP contribution in [-0.4, -0.2) is 4.98 Å². The third kappa shape index (κ3) is 0.715.